The zero-order valence-corrected chi connectivity index (χ0v) is 7.47. The summed E-state index contributed by atoms with van der Waals surface area (Å²) in [5.41, 5.74) is 0. The number of hydrogen-bond acceptors (Lipinski definition) is 3. The molecule has 0 fully saturated rings. The first-order valence-corrected chi connectivity index (χ1v) is 3.99. The largest absolute Gasteiger partial charge is 0.461 e. The fraction of sp³-hybridized carbons (Fsp3) is 0.500. The van der Waals surface area contributed by atoms with Crippen LogP contribution in [0.3, 0.4) is 0 Å². The molecule has 0 aliphatic heterocycles. The van der Waals surface area contributed by atoms with Gasteiger partial charge in [0.05, 0.1) is 0 Å². The molecule has 0 saturated heterocycles. The summed E-state index contributed by atoms with van der Waals surface area (Å²) in [6.45, 7) is 3.60. The molecule has 0 N–H and O–H groups in total. The summed E-state index contributed by atoms with van der Waals surface area (Å²) in [4.78, 5) is 21.0. The summed E-state index contributed by atoms with van der Waals surface area (Å²) in [5.74, 6) is -0.326. The van der Waals surface area contributed by atoms with Gasteiger partial charge >= 0.3 is 5.97 Å². The van der Waals surface area contributed by atoms with Crippen molar-refractivity contribution >= 4 is 22.8 Å². The van der Waals surface area contributed by atoms with E-state index in [4.69, 9.17) is 11.6 Å². The average molecular weight is 191 g/mol. The van der Waals surface area contributed by atoms with Crippen molar-refractivity contribution in [3.05, 3.63) is 12.7 Å². The number of carbonyl (C=O) groups is 2. The van der Waals surface area contributed by atoms with E-state index in [1.807, 2.05) is 0 Å². The standard InChI is InChI=1S/C8H11ClO3/c1-2-6-12-8(11)5-3-4-7(9)10/h2H,1,3-6H2. The Hall–Kier alpha value is -0.830. The molecule has 0 unspecified atom stereocenters. The van der Waals surface area contributed by atoms with E-state index < -0.39 is 5.24 Å². The Labute approximate surface area is 76.3 Å². The van der Waals surface area contributed by atoms with Crippen molar-refractivity contribution in [2.45, 2.75) is 19.3 Å². The van der Waals surface area contributed by atoms with Crippen LogP contribution in [-0.4, -0.2) is 17.8 Å². The van der Waals surface area contributed by atoms with Gasteiger partial charge in [-0.15, -0.1) is 0 Å². The van der Waals surface area contributed by atoms with Crippen LogP contribution < -0.4 is 0 Å². The van der Waals surface area contributed by atoms with Crippen molar-refractivity contribution in [1.29, 1.82) is 0 Å². The van der Waals surface area contributed by atoms with Gasteiger partial charge < -0.3 is 4.74 Å². The fourth-order valence-corrected chi connectivity index (χ4v) is 0.729. The molecule has 0 aliphatic carbocycles. The molecule has 0 aromatic heterocycles. The van der Waals surface area contributed by atoms with Gasteiger partial charge in [0.15, 0.2) is 0 Å². The molecule has 68 valence electrons. The van der Waals surface area contributed by atoms with E-state index in [9.17, 15) is 9.59 Å². The molecule has 0 radical (unpaired) electrons. The highest BCUT2D eigenvalue weighted by Crippen LogP contribution is 2.00. The zero-order valence-electron chi connectivity index (χ0n) is 6.72. The van der Waals surface area contributed by atoms with Crippen LogP contribution in [0.5, 0.6) is 0 Å². The summed E-state index contributed by atoms with van der Waals surface area (Å²) in [6.07, 6.45) is 2.37. The highest BCUT2D eigenvalue weighted by molar-refractivity contribution is 6.63. The third kappa shape index (κ3) is 7.28. The van der Waals surface area contributed by atoms with Crippen LogP contribution in [0.4, 0.5) is 0 Å². The maximum Gasteiger partial charge on any atom is 0.306 e. The lowest BCUT2D eigenvalue weighted by molar-refractivity contribution is -0.142. The van der Waals surface area contributed by atoms with E-state index in [2.05, 4.69) is 11.3 Å². The van der Waals surface area contributed by atoms with E-state index in [-0.39, 0.29) is 25.4 Å². The van der Waals surface area contributed by atoms with Crippen molar-refractivity contribution in [2.75, 3.05) is 6.61 Å². The van der Waals surface area contributed by atoms with Gasteiger partial charge in [-0.1, -0.05) is 12.7 Å². The molecular weight excluding hydrogens is 180 g/mol. The highest BCUT2D eigenvalue weighted by atomic mass is 35.5. The normalized spacial score (nSPS) is 9.08. The van der Waals surface area contributed by atoms with Gasteiger partial charge in [0.25, 0.3) is 0 Å². The number of ether oxygens (including phenoxy) is 1. The quantitative estimate of drug-likeness (QED) is 0.364. The van der Waals surface area contributed by atoms with Crippen LogP contribution in [-0.2, 0) is 14.3 Å². The minimum absolute atomic E-state index is 0.213. The van der Waals surface area contributed by atoms with Crippen molar-refractivity contribution in [3.63, 3.8) is 0 Å². The summed E-state index contributed by atoms with van der Waals surface area (Å²) in [5, 5.41) is -0.425. The lowest BCUT2D eigenvalue weighted by Gasteiger charge is -1.99. The van der Waals surface area contributed by atoms with Crippen LogP contribution in [0, 0.1) is 0 Å². The molecule has 0 aromatic carbocycles. The number of carbonyl (C=O) groups excluding carboxylic acids is 2. The van der Waals surface area contributed by atoms with Gasteiger partial charge in [0.2, 0.25) is 5.24 Å². The van der Waals surface area contributed by atoms with Gasteiger partial charge in [-0.25, -0.2) is 0 Å². The monoisotopic (exact) mass is 190 g/mol. The van der Waals surface area contributed by atoms with Crippen LogP contribution in [0.15, 0.2) is 12.7 Å². The summed E-state index contributed by atoms with van der Waals surface area (Å²) in [6, 6.07) is 0. The minimum Gasteiger partial charge on any atom is -0.461 e. The Morgan fingerprint density at radius 3 is 2.58 bits per heavy atom. The second-order valence-corrected chi connectivity index (χ2v) is 2.60. The first-order valence-electron chi connectivity index (χ1n) is 3.61. The predicted octanol–water partition coefficient (Wildman–Crippen LogP) is 1.65. The van der Waals surface area contributed by atoms with Gasteiger partial charge in [0, 0.05) is 12.8 Å². The van der Waals surface area contributed by atoms with E-state index in [0.29, 0.717) is 6.42 Å². The number of esters is 1. The SMILES string of the molecule is C=CCOC(=O)CCCC(=O)Cl. The number of halogens is 1. The Kier molecular flexibility index (Phi) is 6.38. The lowest BCUT2D eigenvalue weighted by atomic mass is 10.2. The average Bonchev–Trinajstić information content (AvgIpc) is 2.00. The Morgan fingerprint density at radius 1 is 1.42 bits per heavy atom. The first-order chi connectivity index (χ1) is 5.66. The molecule has 4 heteroatoms. The van der Waals surface area contributed by atoms with E-state index in [1.54, 1.807) is 0 Å². The number of hydrogen-bond donors (Lipinski definition) is 0. The Bertz CT molecular complexity index is 177. The van der Waals surface area contributed by atoms with Crippen LogP contribution >= 0.6 is 11.6 Å². The Morgan fingerprint density at radius 2 is 2.08 bits per heavy atom. The van der Waals surface area contributed by atoms with Crippen LogP contribution in [0.25, 0.3) is 0 Å². The van der Waals surface area contributed by atoms with Crippen molar-refractivity contribution < 1.29 is 14.3 Å². The number of rotatable bonds is 6. The molecule has 0 spiro atoms. The van der Waals surface area contributed by atoms with E-state index in [0.717, 1.165) is 0 Å². The van der Waals surface area contributed by atoms with Crippen molar-refractivity contribution in [1.82, 2.24) is 0 Å². The van der Waals surface area contributed by atoms with Gasteiger partial charge in [-0.3, -0.25) is 9.59 Å². The smallest absolute Gasteiger partial charge is 0.306 e. The highest BCUT2D eigenvalue weighted by Gasteiger charge is 2.02. The van der Waals surface area contributed by atoms with E-state index >= 15 is 0 Å². The Balaban J connectivity index is 3.31. The maximum absolute atomic E-state index is 10.8. The molecule has 0 heterocycles. The fourth-order valence-electron chi connectivity index (χ4n) is 0.596. The maximum atomic E-state index is 10.8. The second kappa shape index (κ2) is 6.85. The molecule has 0 aliphatic rings. The van der Waals surface area contributed by atoms with E-state index in [1.165, 1.54) is 6.08 Å². The topological polar surface area (TPSA) is 43.4 Å². The van der Waals surface area contributed by atoms with Crippen LogP contribution in [0.1, 0.15) is 19.3 Å². The molecule has 3 nitrogen and oxygen atoms in total. The van der Waals surface area contributed by atoms with Crippen molar-refractivity contribution in [3.8, 4) is 0 Å². The molecule has 0 rings (SSSR count). The predicted molar refractivity (Wildman–Crippen MR) is 45.9 cm³/mol. The molecule has 12 heavy (non-hydrogen) atoms. The first kappa shape index (κ1) is 11.2. The third-order valence-electron chi connectivity index (χ3n) is 1.12. The molecule has 0 atom stereocenters. The zero-order chi connectivity index (χ0) is 9.40. The van der Waals surface area contributed by atoms with Crippen LogP contribution in [0.2, 0.25) is 0 Å². The van der Waals surface area contributed by atoms with Gasteiger partial charge in [-0.2, -0.15) is 0 Å². The molecule has 0 aromatic rings. The van der Waals surface area contributed by atoms with Crippen molar-refractivity contribution in [2.24, 2.45) is 0 Å². The lowest BCUT2D eigenvalue weighted by Crippen LogP contribution is -2.04. The molecule has 0 saturated carbocycles. The molecule has 0 bridgehead atoms. The second-order valence-electron chi connectivity index (χ2n) is 2.18. The summed E-state index contributed by atoms with van der Waals surface area (Å²) < 4.78 is 4.66. The minimum atomic E-state index is -0.425. The van der Waals surface area contributed by atoms with Gasteiger partial charge in [0.1, 0.15) is 6.61 Å². The molecule has 0 amide bonds. The summed E-state index contributed by atoms with van der Waals surface area (Å²) in [7, 11) is 0. The summed E-state index contributed by atoms with van der Waals surface area (Å²) >= 11 is 5.06. The molecular formula is C8H11ClO3. The van der Waals surface area contributed by atoms with Gasteiger partial charge in [-0.05, 0) is 18.0 Å². The third-order valence-corrected chi connectivity index (χ3v) is 1.31.